The van der Waals surface area contributed by atoms with Crippen molar-refractivity contribution in [1.82, 2.24) is 0 Å². The number of anilines is 1. The third kappa shape index (κ3) is 3.24. The molecule has 0 saturated carbocycles. The molecule has 3 rings (SSSR count). The molecular weight excluding hydrogens is 284 g/mol. The van der Waals surface area contributed by atoms with E-state index in [1.165, 1.54) is 9.88 Å². The van der Waals surface area contributed by atoms with Gasteiger partial charge in [-0.2, -0.15) is 5.26 Å². The first-order valence-corrected chi connectivity index (χ1v) is 7.62. The van der Waals surface area contributed by atoms with E-state index in [4.69, 9.17) is 14.7 Å². The second-order valence-corrected chi connectivity index (χ2v) is 5.94. The molecule has 0 atom stereocenters. The van der Waals surface area contributed by atoms with Crippen LogP contribution in [0.3, 0.4) is 0 Å². The maximum absolute atomic E-state index is 8.83. The fourth-order valence-corrected chi connectivity index (χ4v) is 3.21. The van der Waals surface area contributed by atoms with Crippen LogP contribution in [0.5, 0.6) is 0 Å². The number of hydrogen-bond donors (Lipinski definition) is 0. The summed E-state index contributed by atoms with van der Waals surface area (Å²) in [7, 11) is 2.04. The summed E-state index contributed by atoms with van der Waals surface area (Å²) in [4.78, 5) is 3.34. The van der Waals surface area contributed by atoms with Crippen LogP contribution in [0.25, 0.3) is 10.4 Å². The van der Waals surface area contributed by atoms with Gasteiger partial charge in [-0.15, -0.1) is 11.3 Å². The average Bonchev–Trinajstić information content (AvgIpc) is 3.18. The first-order chi connectivity index (χ1) is 10.3. The van der Waals surface area contributed by atoms with Crippen molar-refractivity contribution >= 4 is 16.3 Å². The summed E-state index contributed by atoms with van der Waals surface area (Å²) in [6, 6.07) is 14.0. The number of ether oxygens (including phenoxy) is 2. The number of likely N-dealkylation sites (N-methyl/N-ethyl adjacent to an activating group) is 1. The number of rotatable bonds is 4. The van der Waals surface area contributed by atoms with Crippen molar-refractivity contribution in [3.8, 4) is 16.5 Å². The largest absolute Gasteiger partial charge is 0.361 e. The van der Waals surface area contributed by atoms with E-state index in [1.807, 2.05) is 31.3 Å². The molecule has 0 spiro atoms. The van der Waals surface area contributed by atoms with Crippen LogP contribution in [0.15, 0.2) is 36.4 Å². The van der Waals surface area contributed by atoms with E-state index >= 15 is 0 Å². The monoisotopic (exact) mass is 300 g/mol. The lowest BCUT2D eigenvalue weighted by atomic mass is 10.1. The van der Waals surface area contributed by atoms with Crippen molar-refractivity contribution in [3.63, 3.8) is 0 Å². The SMILES string of the molecule is CN(CC1OCCO1)c1ccc(-c2ccc(C#N)cc2)s1. The molecule has 1 fully saturated rings. The van der Waals surface area contributed by atoms with E-state index in [2.05, 4.69) is 23.1 Å². The van der Waals surface area contributed by atoms with Crippen LogP contribution in [-0.4, -0.2) is 33.1 Å². The van der Waals surface area contributed by atoms with E-state index in [9.17, 15) is 0 Å². The molecule has 1 aliphatic heterocycles. The molecule has 1 saturated heterocycles. The van der Waals surface area contributed by atoms with Crippen LogP contribution in [-0.2, 0) is 9.47 Å². The fraction of sp³-hybridized carbons (Fsp3) is 0.312. The molecule has 1 aromatic carbocycles. The summed E-state index contributed by atoms with van der Waals surface area (Å²) in [6.07, 6.45) is -0.129. The maximum Gasteiger partial charge on any atom is 0.175 e. The van der Waals surface area contributed by atoms with Crippen molar-refractivity contribution in [1.29, 1.82) is 5.26 Å². The normalized spacial score (nSPS) is 15.0. The van der Waals surface area contributed by atoms with E-state index in [0.717, 1.165) is 12.1 Å². The van der Waals surface area contributed by atoms with E-state index in [1.54, 1.807) is 11.3 Å². The van der Waals surface area contributed by atoms with E-state index < -0.39 is 0 Å². The Balaban J connectivity index is 1.71. The molecule has 108 valence electrons. The molecule has 0 amide bonds. The van der Waals surface area contributed by atoms with Crippen LogP contribution < -0.4 is 4.90 Å². The summed E-state index contributed by atoms with van der Waals surface area (Å²) in [5, 5.41) is 10.0. The predicted octanol–water partition coefficient (Wildman–Crippen LogP) is 3.10. The molecule has 21 heavy (non-hydrogen) atoms. The Morgan fingerprint density at radius 2 is 1.90 bits per heavy atom. The minimum Gasteiger partial charge on any atom is -0.361 e. The zero-order chi connectivity index (χ0) is 14.7. The molecule has 4 nitrogen and oxygen atoms in total. The summed E-state index contributed by atoms with van der Waals surface area (Å²) in [5.74, 6) is 0. The van der Waals surface area contributed by atoms with Gasteiger partial charge in [0, 0.05) is 11.9 Å². The molecule has 1 aromatic heterocycles. The Morgan fingerprint density at radius 1 is 1.19 bits per heavy atom. The highest BCUT2D eigenvalue weighted by molar-refractivity contribution is 7.19. The molecular formula is C16H16N2O2S. The van der Waals surface area contributed by atoms with Crippen LogP contribution in [0.1, 0.15) is 5.56 Å². The van der Waals surface area contributed by atoms with Gasteiger partial charge in [0.25, 0.3) is 0 Å². The topological polar surface area (TPSA) is 45.5 Å². The summed E-state index contributed by atoms with van der Waals surface area (Å²) < 4.78 is 10.9. The number of thiophene rings is 1. The average molecular weight is 300 g/mol. The third-order valence-electron chi connectivity index (χ3n) is 3.38. The third-order valence-corrected chi connectivity index (χ3v) is 4.63. The van der Waals surface area contributed by atoms with Gasteiger partial charge in [0.2, 0.25) is 0 Å². The molecule has 0 radical (unpaired) electrons. The van der Waals surface area contributed by atoms with Crippen molar-refractivity contribution in [2.24, 2.45) is 0 Å². The highest BCUT2D eigenvalue weighted by Crippen LogP contribution is 2.33. The van der Waals surface area contributed by atoms with Crippen molar-refractivity contribution in [2.45, 2.75) is 6.29 Å². The maximum atomic E-state index is 8.83. The van der Waals surface area contributed by atoms with Gasteiger partial charge in [-0.25, -0.2) is 0 Å². The Bertz CT molecular complexity index is 639. The van der Waals surface area contributed by atoms with Crippen molar-refractivity contribution < 1.29 is 9.47 Å². The lowest BCUT2D eigenvalue weighted by Gasteiger charge is -2.20. The second kappa shape index (κ2) is 6.27. The zero-order valence-corrected chi connectivity index (χ0v) is 12.6. The van der Waals surface area contributed by atoms with Gasteiger partial charge < -0.3 is 14.4 Å². The Morgan fingerprint density at radius 3 is 2.57 bits per heavy atom. The number of nitrogens with zero attached hydrogens (tertiary/aromatic N) is 2. The molecule has 0 bridgehead atoms. The molecule has 0 unspecified atom stereocenters. The summed E-state index contributed by atoms with van der Waals surface area (Å²) in [5.41, 5.74) is 1.81. The van der Waals surface area contributed by atoms with Crippen LogP contribution in [0.4, 0.5) is 5.00 Å². The molecule has 2 aromatic rings. The molecule has 0 N–H and O–H groups in total. The van der Waals surface area contributed by atoms with E-state index in [-0.39, 0.29) is 6.29 Å². The van der Waals surface area contributed by atoms with Crippen LogP contribution >= 0.6 is 11.3 Å². The highest BCUT2D eigenvalue weighted by atomic mass is 32.1. The highest BCUT2D eigenvalue weighted by Gasteiger charge is 2.18. The lowest BCUT2D eigenvalue weighted by Crippen LogP contribution is -2.28. The van der Waals surface area contributed by atoms with Gasteiger partial charge >= 0.3 is 0 Å². The Hall–Kier alpha value is -1.87. The molecule has 0 aliphatic carbocycles. The summed E-state index contributed by atoms with van der Waals surface area (Å²) in [6.45, 7) is 2.09. The minimum absolute atomic E-state index is 0.129. The van der Waals surface area contributed by atoms with Crippen molar-refractivity contribution in [3.05, 3.63) is 42.0 Å². The van der Waals surface area contributed by atoms with Crippen LogP contribution in [0.2, 0.25) is 0 Å². The quantitative estimate of drug-likeness (QED) is 0.870. The van der Waals surface area contributed by atoms with Gasteiger partial charge in [-0.05, 0) is 29.8 Å². The van der Waals surface area contributed by atoms with Gasteiger partial charge in [-0.1, -0.05) is 12.1 Å². The molecule has 1 aliphatic rings. The second-order valence-electron chi connectivity index (χ2n) is 4.88. The smallest absolute Gasteiger partial charge is 0.175 e. The van der Waals surface area contributed by atoms with Gasteiger partial charge in [0.1, 0.15) is 0 Å². The zero-order valence-electron chi connectivity index (χ0n) is 11.8. The predicted molar refractivity (Wildman–Crippen MR) is 83.4 cm³/mol. The lowest BCUT2D eigenvalue weighted by molar-refractivity contribution is -0.0335. The van der Waals surface area contributed by atoms with E-state index in [0.29, 0.717) is 18.8 Å². The van der Waals surface area contributed by atoms with Gasteiger partial charge in [-0.3, -0.25) is 0 Å². The number of benzene rings is 1. The number of hydrogen-bond acceptors (Lipinski definition) is 5. The Kier molecular flexibility index (Phi) is 4.20. The minimum atomic E-state index is -0.129. The van der Waals surface area contributed by atoms with Crippen LogP contribution in [0, 0.1) is 11.3 Å². The van der Waals surface area contributed by atoms with Gasteiger partial charge in [0.15, 0.2) is 6.29 Å². The summed E-state index contributed by atoms with van der Waals surface area (Å²) >= 11 is 1.72. The first kappa shape index (κ1) is 14.1. The fourth-order valence-electron chi connectivity index (χ4n) is 2.22. The standard InChI is InChI=1S/C16H16N2O2S/c1-18(11-16-19-8-9-20-16)15-7-6-14(21-15)13-4-2-12(10-17)3-5-13/h2-7,16H,8-9,11H2,1H3. The molecule has 5 heteroatoms. The first-order valence-electron chi connectivity index (χ1n) is 6.81. The molecule has 2 heterocycles. The van der Waals surface area contributed by atoms with Gasteiger partial charge in [0.05, 0.1) is 36.4 Å². The Labute approximate surface area is 128 Å². The van der Waals surface area contributed by atoms with Crippen molar-refractivity contribution in [2.75, 3.05) is 31.7 Å². The number of nitriles is 1.